The van der Waals surface area contributed by atoms with Gasteiger partial charge in [-0.1, -0.05) is 0 Å². The fourth-order valence-electron chi connectivity index (χ4n) is 1.87. The Balaban J connectivity index is 1.84. The van der Waals surface area contributed by atoms with Crippen LogP contribution in [-0.2, 0) is 0 Å². The summed E-state index contributed by atoms with van der Waals surface area (Å²) in [4.78, 5) is 11.9. The molecule has 1 atom stereocenters. The molecule has 1 amide bonds. The zero-order valence-corrected chi connectivity index (χ0v) is 12.1. The molecule has 0 bridgehead atoms. The van der Waals surface area contributed by atoms with E-state index in [1.54, 1.807) is 12.1 Å². The molecule has 19 heavy (non-hydrogen) atoms. The lowest BCUT2D eigenvalue weighted by Gasteiger charge is -2.11. The van der Waals surface area contributed by atoms with Gasteiger partial charge in [-0.05, 0) is 56.9 Å². The van der Waals surface area contributed by atoms with E-state index in [0.717, 1.165) is 5.75 Å². The highest BCUT2D eigenvalue weighted by molar-refractivity contribution is 6.21. The Labute approximate surface area is 119 Å². The van der Waals surface area contributed by atoms with Crippen molar-refractivity contribution in [2.24, 2.45) is 5.92 Å². The summed E-state index contributed by atoms with van der Waals surface area (Å²) in [6, 6.07) is 7.17. The molecule has 2 rings (SSSR count). The van der Waals surface area contributed by atoms with Gasteiger partial charge in [-0.15, -0.1) is 11.6 Å². The van der Waals surface area contributed by atoms with Crippen LogP contribution < -0.4 is 10.1 Å². The van der Waals surface area contributed by atoms with E-state index in [1.807, 2.05) is 26.0 Å². The van der Waals surface area contributed by atoms with Crippen LogP contribution in [0.3, 0.4) is 0 Å². The van der Waals surface area contributed by atoms with E-state index in [2.05, 4.69) is 5.32 Å². The lowest BCUT2D eigenvalue weighted by Crippen LogP contribution is -2.30. The highest BCUT2D eigenvalue weighted by atomic mass is 35.5. The van der Waals surface area contributed by atoms with Crippen molar-refractivity contribution in [3.8, 4) is 5.75 Å². The van der Waals surface area contributed by atoms with Crippen molar-refractivity contribution in [3.63, 3.8) is 0 Å². The van der Waals surface area contributed by atoms with Crippen LogP contribution in [0, 0.1) is 5.92 Å². The van der Waals surface area contributed by atoms with Crippen LogP contribution in [0.1, 0.15) is 37.0 Å². The molecular weight excluding hydrogens is 262 g/mol. The van der Waals surface area contributed by atoms with E-state index in [9.17, 15) is 4.79 Å². The number of nitrogens with one attached hydrogen (secondary N) is 1. The van der Waals surface area contributed by atoms with Gasteiger partial charge >= 0.3 is 0 Å². The summed E-state index contributed by atoms with van der Waals surface area (Å²) in [6.07, 6.45) is 2.51. The Morgan fingerprint density at radius 1 is 1.37 bits per heavy atom. The number of halogens is 1. The van der Waals surface area contributed by atoms with E-state index in [4.69, 9.17) is 16.3 Å². The fraction of sp³-hybridized carbons (Fsp3) is 0.533. The van der Waals surface area contributed by atoms with Crippen molar-refractivity contribution in [2.75, 3.05) is 6.54 Å². The summed E-state index contributed by atoms with van der Waals surface area (Å²) < 4.78 is 5.53. The van der Waals surface area contributed by atoms with Gasteiger partial charge < -0.3 is 10.1 Å². The van der Waals surface area contributed by atoms with Crippen LogP contribution in [0.25, 0.3) is 0 Å². The molecule has 1 saturated carbocycles. The summed E-state index contributed by atoms with van der Waals surface area (Å²) in [6.45, 7) is 4.48. The molecule has 0 aliphatic heterocycles. The van der Waals surface area contributed by atoms with Gasteiger partial charge in [-0.25, -0.2) is 0 Å². The first-order chi connectivity index (χ1) is 9.06. The number of hydrogen-bond acceptors (Lipinski definition) is 2. The first-order valence-electron chi connectivity index (χ1n) is 6.75. The predicted octanol–water partition coefficient (Wildman–Crippen LogP) is 3.22. The van der Waals surface area contributed by atoms with Gasteiger partial charge in [0.15, 0.2) is 0 Å². The third kappa shape index (κ3) is 4.43. The van der Waals surface area contributed by atoms with E-state index in [0.29, 0.717) is 18.0 Å². The molecule has 1 fully saturated rings. The SMILES string of the molecule is CC(C)Oc1ccc(C(=O)NCC(Cl)C2CC2)cc1. The Morgan fingerprint density at radius 2 is 2.00 bits per heavy atom. The largest absolute Gasteiger partial charge is 0.491 e. The Hall–Kier alpha value is -1.22. The molecule has 1 unspecified atom stereocenters. The van der Waals surface area contributed by atoms with Crippen molar-refractivity contribution in [3.05, 3.63) is 29.8 Å². The van der Waals surface area contributed by atoms with Crippen LogP contribution in [0.15, 0.2) is 24.3 Å². The maximum absolute atomic E-state index is 11.9. The summed E-state index contributed by atoms with van der Waals surface area (Å²) in [5, 5.41) is 2.93. The molecule has 1 aromatic carbocycles. The maximum Gasteiger partial charge on any atom is 0.251 e. The second-order valence-corrected chi connectivity index (χ2v) is 5.82. The number of amides is 1. The second kappa shape index (κ2) is 6.29. The molecule has 104 valence electrons. The standard InChI is InChI=1S/C15H20ClNO2/c1-10(2)19-13-7-5-12(6-8-13)15(18)17-9-14(16)11-3-4-11/h5-8,10-11,14H,3-4,9H2,1-2H3,(H,17,18). The fourth-order valence-corrected chi connectivity index (χ4v) is 2.20. The molecule has 0 spiro atoms. The lowest BCUT2D eigenvalue weighted by atomic mass is 10.2. The van der Waals surface area contributed by atoms with Crippen molar-refractivity contribution in [2.45, 2.75) is 38.2 Å². The molecule has 0 saturated heterocycles. The Bertz CT molecular complexity index is 426. The van der Waals surface area contributed by atoms with Gasteiger partial charge in [-0.3, -0.25) is 4.79 Å². The minimum atomic E-state index is -0.0811. The number of carbonyl (C=O) groups is 1. The summed E-state index contributed by atoms with van der Waals surface area (Å²) in [5.41, 5.74) is 0.635. The zero-order chi connectivity index (χ0) is 13.8. The number of rotatable bonds is 6. The van der Waals surface area contributed by atoms with Crippen LogP contribution in [0.2, 0.25) is 0 Å². The molecule has 3 nitrogen and oxygen atoms in total. The molecule has 0 heterocycles. The van der Waals surface area contributed by atoms with Crippen LogP contribution in [0.5, 0.6) is 5.75 Å². The molecular formula is C15H20ClNO2. The lowest BCUT2D eigenvalue weighted by molar-refractivity contribution is 0.0953. The first kappa shape index (κ1) is 14.2. The third-order valence-corrected chi connectivity index (χ3v) is 3.59. The smallest absolute Gasteiger partial charge is 0.251 e. The molecule has 1 aliphatic rings. The Kier molecular flexibility index (Phi) is 4.70. The molecule has 0 aromatic heterocycles. The summed E-state index contributed by atoms with van der Waals surface area (Å²) in [7, 11) is 0. The van der Waals surface area contributed by atoms with E-state index in [1.165, 1.54) is 12.8 Å². The van der Waals surface area contributed by atoms with Crippen LogP contribution >= 0.6 is 11.6 Å². The molecule has 1 aliphatic carbocycles. The molecule has 1 aromatic rings. The highest BCUT2D eigenvalue weighted by Crippen LogP contribution is 2.35. The van der Waals surface area contributed by atoms with Crippen molar-refractivity contribution >= 4 is 17.5 Å². The number of alkyl halides is 1. The highest BCUT2D eigenvalue weighted by Gasteiger charge is 2.29. The maximum atomic E-state index is 11.9. The monoisotopic (exact) mass is 281 g/mol. The summed E-state index contributed by atoms with van der Waals surface area (Å²) >= 11 is 6.16. The number of ether oxygens (including phenoxy) is 1. The van der Waals surface area contributed by atoms with Gasteiger partial charge in [0.05, 0.1) is 11.5 Å². The van der Waals surface area contributed by atoms with Crippen LogP contribution in [-0.4, -0.2) is 23.9 Å². The topological polar surface area (TPSA) is 38.3 Å². The number of hydrogen-bond donors (Lipinski definition) is 1. The number of carbonyl (C=O) groups excluding carboxylic acids is 1. The number of benzene rings is 1. The summed E-state index contributed by atoms with van der Waals surface area (Å²) in [5.74, 6) is 1.28. The zero-order valence-electron chi connectivity index (χ0n) is 11.4. The average Bonchev–Trinajstić information content (AvgIpc) is 3.20. The minimum Gasteiger partial charge on any atom is -0.491 e. The van der Waals surface area contributed by atoms with Gasteiger partial charge in [0.2, 0.25) is 0 Å². The van der Waals surface area contributed by atoms with Crippen molar-refractivity contribution < 1.29 is 9.53 Å². The van der Waals surface area contributed by atoms with E-state index in [-0.39, 0.29) is 17.4 Å². The van der Waals surface area contributed by atoms with Gasteiger partial charge in [0, 0.05) is 12.1 Å². The quantitative estimate of drug-likeness (QED) is 0.813. The second-order valence-electron chi connectivity index (χ2n) is 5.25. The van der Waals surface area contributed by atoms with Gasteiger partial charge in [0.1, 0.15) is 5.75 Å². The first-order valence-corrected chi connectivity index (χ1v) is 7.19. The van der Waals surface area contributed by atoms with Gasteiger partial charge in [-0.2, -0.15) is 0 Å². The van der Waals surface area contributed by atoms with Crippen molar-refractivity contribution in [1.82, 2.24) is 5.32 Å². The Morgan fingerprint density at radius 3 is 2.53 bits per heavy atom. The van der Waals surface area contributed by atoms with E-state index >= 15 is 0 Å². The van der Waals surface area contributed by atoms with Crippen molar-refractivity contribution in [1.29, 1.82) is 0 Å². The predicted molar refractivity (Wildman–Crippen MR) is 76.9 cm³/mol. The van der Waals surface area contributed by atoms with E-state index < -0.39 is 0 Å². The van der Waals surface area contributed by atoms with Crippen LogP contribution in [0.4, 0.5) is 0 Å². The molecule has 0 radical (unpaired) electrons. The normalized spacial score (nSPS) is 16.2. The van der Waals surface area contributed by atoms with Gasteiger partial charge in [0.25, 0.3) is 5.91 Å². The minimum absolute atomic E-state index is 0.0625. The molecule has 4 heteroatoms. The third-order valence-electron chi connectivity index (χ3n) is 3.08. The average molecular weight is 282 g/mol. The molecule has 1 N–H and O–H groups in total.